The first-order chi connectivity index (χ1) is 23.5. The maximum atomic E-state index is 10.4. The van der Waals surface area contributed by atoms with Crippen LogP contribution in [0.3, 0.4) is 0 Å². The van der Waals surface area contributed by atoms with Gasteiger partial charge in [0.05, 0.1) is 0 Å². The van der Waals surface area contributed by atoms with Crippen LogP contribution in [0.2, 0.25) is 4.44 Å². The minimum absolute atomic E-state index is 0.444. The molecule has 48 heavy (non-hydrogen) atoms. The average Bonchev–Trinajstić information content (AvgIpc) is 3.14. The molecule has 6 aromatic rings. The first kappa shape index (κ1) is 38.3. The van der Waals surface area contributed by atoms with E-state index in [0.29, 0.717) is 5.41 Å². The third-order valence-corrected chi connectivity index (χ3v) is 25.1. The van der Waals surface area contributed by atoms with E-state index in [2.05, 4.69) is 203 Å². The Hall–Kier alpha value is -2.48. The molecule has 0 amide bonds. The second-order valence-electron chi connectivity index (χ2n) is 12.5. The number of benzene rings is 6. The third kappa shape index (κ3) is 12.8. The van der Waals surface area contributed by atoms with Gasteiger partial charge in [-0.05, 0) is 0 Å². The zero-order valence-electron chi connectivity index (χ0n) is 28.6. The quantitative estimate of drug-likeness (QED) is 0.127. The Morgan fingerprint density at radius 1 is 0.417 bits per heavy atom. The molecule has 0 aliphatic carbocycles. The van der Waals surface area contributed by atoms with Crippen molar-refractivity contribution >= 4 is 82.1 Å². The molecule has 0 spiro atoms. The summed E-state index contributed by atoms with van der Waals surface area (Å²) in [6.07, 6.45) is 3.68. The van der Waals surface area contributed by atoms with Crippen molar-refractivity contribution in [1.82, 2.24) is 0 Å². The summed E-state index contributed by atoms with van der Waals surface area (Å²) in [6.45, 7) is 6.75. The van der Waals surface area contributed by atoms with Crippen LogP contribution < -0.4 is 21.5 Å². The van der Waals surface area contributed by atoms with Gasteiger partial charge in [-0.1, -0.05) is 0 Å². The molecule has 0 bridgehead atoms. The molecule has 0 saturated carbocycles. The second kappa shape index (κ2) is 21.6. The molecule has 1 nitrogen and oxygen atoms in total. The van der Waals surface area contributed by atoms with Crippen molar-refractivity contribution in [2.24, 2.45) is 5.41 Å². The fourth-order valence-electron chi connectivity index (χ4n) is 5.82. The van der Waals surface area contributed by atoms with Crippen LogP contribution in [0.25, 0.3) is 0 Å². The molecular formula is C44H47OSn3. The van der Waals surface area contributed by atoms with E-state index in [-0.39, 0.29) is 0 Å². The van der Waals surface area contributed by atoms with Crippen LogP contribution in [0, 0.1) is 5.41 Å². The van der Waals surface area contributed by atoms with Gasteiger partial charge < -0.3 is 0 Å². The fourth-order valence-corrected chi connectivity index (χ4v) is 22.8. The summed E-state index contributed by atoms with van der Waals surface area (Å²) >= 11 is -5.13. The van der Waals surface area contributed by atoms with Crippen molar-refractivity contribution in [3.8, 4) is 0 Å². The van der Waals surface area contributed by atoms with E-state index < -0.39 is 60.6 Å². The van der Waals surface area contributed by atoms with Crippen LogP contribution >= 0.6 is 0 Å². The van der Waals surface area contributed by atoms with Gasteiger partial charge in [0.25, 0.3) is 0 Å². The van der Waals surface area contributed by atoms with E-state index >= 15 is 0 Å². The van der Waals surface area contributed by atoms with Gasteiger partial charge in [0, 0.05) is 0 Å². The molecule has 241 valence electrons. The van der Waals surface area contributed by atoms with Gasteiger partial charge in [0.2, 0.25) is 0 Å². The summed E-state index contributed by atoms with van der Waals surface area (Å²) < 4.78 is 20.5. The Morgan fingerprint density at radius 3 is 0.833 bits per heavy atom. The Morgan fingerprint density at radius 2 is 0.646 bits per heavy atom. The molecule has 3 radical (unpaired) electrons. The molecule has 0 N–H and O–H groups in total. The molecule has 0 fully saturated rings. The van der Waals surface area contributed by atoms with Gasteiger partial charge in [-0.3, -0.25) is 0 Å². The standard InChI is InChI=1S/C8H17.6C6H5.O.3Sn/c1-5-7-8(3,4)6-2;6*1-2-4-6-5-3-1;;;;/h2,5-7H2,1,3-4H3;6*1-5H;;;;. The first-order valence-corrected chi connectivity index (χ1v) is 28.7. The molecule has 6 aromatic carbocycles. The summed E-state index contributed by atoms with van der Waals surface area (Å²) in [6, 6.07) is 65.9. The Balaban J connectivity index is 0.000000172. The molecule has 0 aromatic heterocycles. The van der Waals surface area contributed by atoms with E-state index in [9.17, 15) is 3.08 Å². The van der Waals surface area contributed by atoms with E-state index in [0.717, 1.165) is 10.9 Å². The van der Waals surface area contributed by atoms with Crippen molar-refractivity contribution in [1.29, 1.82) is 0 Å². The molecule has 0 heterocycles. The van der Waals surface area contributed by atoms with Crippen LogP contribution in [-0.4, -0.2) is 60.6 Å². The van der Waals surface area contributed by atoms with Gasteiger partial charge in [-0.15, -0.1) is 0 Å². The second-order valence-corrected chi connectivity index (χ2v) is 28.9. The van der Waals surface area contributed by atoms with Crippen LogP contribution in [-0.2, 0) is 3.08 Å². The molecule has 6 rings (SSSR count). The normalized spacial score (nSPS) is 10.8. The molecule has 0 aliphatic heterocycles. The summed E-state index contributed by atoms with van der Waals surface area (Å²) in [5.74, 6) is 0. The number of hydrogen-bond acceptors (Lipinski definition) is 1. The fraction of sp³-hybridized carbons (Fsp3) is 0.182. The van der Waals surface area contributed by atoms with Gasteiger partial charge in [-0.2, -0.15) is 0 Å². The minimum atomic E-state index is -1.98. The summed E-state index contributed by atoms with van der Waals surface area (Å²) in [7, 11) is 0. The number of rotatable bonds is 11. The molecule has 0 atom stereocenters. The van der Waals surface area contributed by atoms with Crippen molar-refractivity contribution in [2.45, 2.75) is 44.5 Å². The molecule has 0 unspecified atom stereocenters. The van der Waals surface area contributed by atoms with E-state index in [1.54, 1.807) is 0 Å². The number of hydrogen-bond donors (Lipinski definition) is 0. The van der Waals surface area contributed by atoms with Crippen molar-refractivity contribution in [2.75, 3.05) is 0 Å². The Kier molecular flexibility index (Phi) is 17.2. The van der Waals surface area contributed by atoms with Crippen LogP contribution in [0.1, 0.15) is 40.0 Å². The van der Waals surface area contributed by atoms with Gasteiger partial charge in [0.15, 0.2) is 0 Å². The predicted molar refractivity (Wildman–Crippen MR) is 213 cm³/mol. The van der Waals surface area contributed by atoms with E-state index in [1.807, 2.05) is 0 Å². The van der Waals surface area contributed by atoms with Crippen LogP contribution in [0.4, 0.5) is 0 Å². The van der Waals surface area contributed by atoms with Crippen molar-refractivity contribution < 1.29 is 3.08 Å². The summed E-state index contributed by atoms with van der Waals surface area (Å²) in [5.41, 5.74) is 0.444. The monoisotopic (exact) mass is 951 g/mol. The predicted octanol–water partition coefficient (Wildman–Crippen LogP) is 7.08. The average molecular weight is 948 g/mol. The third-order valence-electron chi connectivity index (χ3n) is 8.21. The Bertz CT molecular complexity index is 1390. The maximum absolute atomic E-state index is 10.4. The van der Waals surface area contributed by atoms with Gasteiger partial charge >= 0.3 is 317 Å². The Labute approximate surface area is 314 Å². The molecular weight excluding hydrogens is 901 g/mol. The molecule has 0 saturated heterocycles. The zero-order valence-corrected chi connectivity index (χ0v) is 37.1. The van der Waals surface area contributed by atoms with Crippen molar-refractivity contribution in [3.63, 3.8) is 0 Å². The SMILES string of the molecule is CCCC(C)(C)C[CH2][Sn]=[O].c1cc[c]([Sn]([c]2ccccc2)[c]2ccccc2)cc1.c1cc[c]([Sn]([c]2ccccc2)[c]2ccccc2)cc1. The summed E-state index contributed by atoms with van der Waals surface area (Å²) in [5, 5.41) is 0. The topological polar surface area (TPSA) is 17.1 Å². The van der Waals surface area contributed by atoms with Crippen LogP contribution in [0.5, 0.6) is 0 Å². The van der Waals surface area contributed by atoms with Gasteiger partial charge in [-0.25, -0.2) is 0 Å². The molecule has 0 aliphatic rings. The summed E-state index contributed by atoms with van der Waals surface area (Å²) in [4.78, 5) is 0. The van der Waals surface area contributed by atoms with Gasteiger partial charge in [0.1, 0.15) is 0 Å². The first-order valence-electron chi connectivity index (χ1n) is 16.9. The van der Waals surface area contributed by atoms with E-state index in [1.165, 1.54) is 34.3 Å². The zero-order chi connectivity index (χ0) is 33.9. The molecule has 4 heteroatoms. The van der Waals surface area contributed by atoms with Crippen molar-refractivity contribution in [3.05, 3.63) is 182 Å². The van der Waals surface area contributed by atoms with E-state index in [4.69, 9.17) is 0 Å². The van der Waals surface area contributed by atoms with Crippen LogP contribution in [0.15, 0.2) is 182 Å².